The van der Waals surface area contributed by atoms with Crippen LogP contribution < -0.4 is 11.1 Å². The molecule has 58 heavy (non-hydrogen) atoms. The standard InChI is InChI=1S/C34H33FN4S.C17H17N/c1-20(18-34(3,4)5)10-11-21(2)37-22-12-14-25-24-8-6-7-9-26(24)31-32(28(25)16-22)39-33(38-31)29-19-36-30-15-13-23(40-35)17-27(29)30;1-12(18)10-11-17-15-8-4-2-6-13(15)14-7-3-5-9-16(14)17/h6-9,12-17,19,36-37H,1-2,10-11,18H2,3-5H3,(H,38,39);2-9,17H,1,10-11,18H2. The van der Waals surface area contributed by atoms with Gasteiger partial charge in [0, 0.05) is 61.3 Å². The smallest absolute Gasteiger partial charge is 0.140 e. The van der Waals surface area contributed by atoms with Gasteiger partial charge in [-0.3, -0.25) is 0 Å². The fraction of sp³-hybridized carbons (Fsp3) is 0.196. The number of allylic oxidation sites excluding steroid dienone is 3. The highest BCUT2D eigenvalue weighted by atomic mass is 32.2. The molecule has 9 rings (SSSR count). The molecule has 0 radical (unpaired) electrons. The van der Waals surface area contributed by atoms with Gasteiger partial charge in [0.15, 0.2) is 0 Å². The van der Waals surface area contributed by atoms with E-state index in [0.717, 1.165) is 98.7 Å². The highest BCUT2D eigenvalue weighted by Crippen LogP contribution is 2.47. The predicted octanol–water partition coefficient (Wildman–Crippen LogP) is 14.7. The normalized spacial score (nSPS) is 12.4. The summed E-state index contributed by atoms with van der Waals surface area (Å²) < 4.78 is 13.4. The lowest BCUT2D eigenvalue weighted by atomic mass is 9.87. The van der Waals surface area contributed by atoms with Crippen LogP contribution in [0.2, 0.25) is 0 Å². The quantitative estimate of drug-likeness (QED) is 0.0778. The number of nitrogens with two attached hydrogens (primary N) is 1. The van der Waals surface area contributed by atoms with Crippen molar-refractivity contribution < 1.29 is 3.89 Å². The molecule has 1 aliphatic rings. The summed E-state index contributed by atoms with van der Waals surface area (Å²) >= 11 is 0.250. The third-order valence-corrected chi connectivity index (χ3v) is 11.5. The predicted molar refractivity (Wildman–Crippen MR) is 247 cm³/mol. The monoisotopic (exact) mass is 783 g/mol. The number of aromatic nitrogens is 3. The Balaban J connectivity index is 0.000000217. The number of fused-ring (bicyclic) bond motifs is 10. The van der Waals surface area contributed by atoms with Crippen molar-refractivity contribution in [2.24, 2.45) is 11.1 Å². The Hall–Kier alpha value is -6.05. The lowest BCUT2D eigenvalue weighted by Gasteiger charge is -2.20. The Morgan fingerprint density at radius 3 is 2.12 bits per heavy atom. The topological polar surface area (TPSA) is 82.5 Å². The number of nitrogens with one attached hydrogen (secondary N) is 3. The number of benzene rings is 6. The first-order valence-corrected chi connectivity index (χ1v) is 20.7. The Bertz CT molecular complexity index is 2810. The summed E-state index contributed by atoms with van der Waals surface area (Å²) in [6, 6.07) is 37.7. The van der Waals surface area contributed by atoms with Crippen LogP contribution in [0.1, 0.15) is 69.9 Å². The minimum Gasteiger partial charge on any atom is -0.403 e. The van der Waals surface area contributed by atoms with Gasteiger partial charge in [-0.1, -0.05) is 125 Å². The molecule has 2 heterocycles. The summed E-state index contributed by atoms with van der Waals surface area (Å²) in [6.07, 6.45) is 6.63. The lowest BCUT2D eigenvalue weighted by Crippen LogP contribution is -2.06. The molecule has 5 N–H and O–H groups in total. The second kappa shape index (κ2) is 16.1. The van der Waals surface area contributed by atoms with Gasteiger partial charge in [0.25, 0.3) is 0 Å². The minimum atomic E-state index is 0.238. The van der Waals surface area contributed by atoms with E-state index in [2.05, 4.69) is 147 Å². The summed E-state index contributed by atoms with van der Waals surface area (Å²) in [5, 5.41) is 8.94. The number of nitrogens with zero attached hydrogens (tertiary/aromatic N) is 1. The maximum Gasteiger partial charge on any atom is 0.140 e. The molecule has 8 aromatic rings. The van der Waals surface area contributed by atoms with Gasteiger partial charge in [-0.2, -0.15) is 3.89 Å². The van der Waals surface area contributed by atoms with Crippen LogP contribution in [0.3, 0.4) is 0 Å². The molecular weight excluding hydrogens is 734 g/mol. The van der Waals surface area contributed by atoms with Gasteiger partial charge in [0.2, 0.25) is 0 Å². The van der Waals surface area contributed by atoms with Gasteiger partial charge in [0.1, 0.15) is 5.82 Å². The SMILES string of the molecule is C=C(CCC(=C)Nc1ccc2c3ccccc3c3[nH]c(-c4c[nH]c5ccc(SF)cc45)nc3c2c1)CC(C)(C)C.C=C(N)CCC1c2ccccc2-c2ccccc21. The zero-order chi connectivity index (χ0) is 40.6. The van der Waals surface area contributed by atoms with E-state index in [1.54, 1.807) is 6.07 Å². The Morgan fingerprint density at radius 2 is 1.43 bits per heavy atom. The molecule has 0 bridgehead atoms. The van der Waals surface area contributed by atoms with E-state index in [1.165, 1.54) is 33.2 Å². The number of anilines is 1. The molecule has 5 nitrogen and oxygen atoms in total. The molecule has 0 fully saturated rings. The van der Waals surface area contributed by atoms with Crippen LogP contribution in [0.5, 0.6) is 0 Å². The molecule has 2 aromatic heterocycles. The average Bonchev–Trinajstić information content (AvgIpc) is 3.93. The van der Waals surface area contributed by atoms with Crippen LogP contribution in [0.25, 0.3) is 66.0 Å². The first kappa shape index (κ1) is 38.8. The van der Waals surface area contributed by atoms with Crippen LogP contribution in [-0.2, 0) is 0 Å². The lowest BCUT2D eigenvalue weighted by molar-refractivity contribution is 0.405. The van der Waals surface area contributed by atoms with Crippen molar-refractivity contribution >= 4 is 61.3 Å². The number of H-pyrrole nitrogens is 2. The maximum atomic E-state index is 13.4. The summed E-state index contributed by atoms with van der Waals surface area (Å²) in [7, 11) is 0. The molecular formula is C51H50FN5S. The van der Waals surface area contributed by atoms with Crippen molar-refractivity contribution in [1.82, 2.24) is 15.0 Å². The largest absolute Gasteiger partial charge is 0.403 e. The molecule has 7 heteroatoms. The van der Waals surface area contributed by atoms with Gasteiger partial charge < -0.3 is 21.0 Å². The van der Waals surface area contributed by atoms with E-state index in [-0.39, 0.29) is 17.6 Å². The molecule has 6 aromatic carbocycles. The fourth-order valence-electron chi connectivity index (χ4n) is 8.56. The Kier molecular flexibility index (Phi) is 10.7. The van der Waals surface area contributed by atoms with E-state index in [4.69, 9.17) is 10.7 Å². The highest BCUT2D eigenvalue weighted by Gasteiger charge is 2.27. The number of imidazole rings is 1. The second-order valence-corrected chi connectivity index (χ2v) is 17.4. The molecule has 1 aliphatic carbocycles. The van der Waals surface area contributed by atoms with Crippen LogP contribution in [-0.4, -0.2) is 15.0 Å². The van der Waals surface area contributed by atoms with Gasteiger partial charge in [-0.05, 0) is 101 Å². The van der Waals surface area contributed by atoms with Crippen LogP contribution in [0, 0.1) is 5.41 Å². The van der Waals surface area contributed by atoms with Crippen LogP contribution in [0.15, 0.2) is 157 Å². The minimum absolute atomic E-state index is 0.238. The third-order valence-electron chi connectivity index (χ3n) is 11.1. The second-order valence-electron chi connectivity index (χ2n) is 16.7. The molecule has 0 atom stereocenters. The van der Waals surface area contributed by atoms with Gasteiger partial charge in [-0.25, -0.2) is 4.98 Å². The van der Waals surface area contributed by atoms with Gasteiger partial charge >= 0.3 is 0 Å². The number of hydrogen-bond donors (Lipinski definition) is 4. The number of aromatic amines is 2. The summed E-state index contributed by atoms with van der Waals surface area (Å²) in [4.78, 5) is 12.6. The van der Waals surface area contributed by atoms with Crippen molar-refractivity contribution in [3.8, 4) is 22.5 Å². The van der Waals surface area contributed by atoms with E-state index in [0.29, 0.717) is 10.8 Å². The van der Waals surface area contributed by atoms with E-state index >= 15 is 0 Å². The Morgan fingerprint density at radius 1 is 0.759 bits per heavy atom. The molecule has 0 spiro atoms. The molecule has 0 saturated heterocycles. The maximum absolute atomic E-state index is 13.4. The Labute approximate surface area is 344 Å². The highest BCUT2D eigenvalue weighted by molar-refractivity contribution is 7.94. The first-order chi connectivity index (χ1) is 28.0. The summed E-state index contributed by atoms with van der Waals surface area (Å²) in [6.45, 7) is 19.1. The number of halogens is 1. The zero-order valence-corrected chi connectivity index (χ0v) is 34.3. The number of rotatable bonds is 11. The van der Waals surface area contributed by atoms with Crippen molar-refractivity contribution in [2.75, 3.05) is 5.32 Å². The summed E-state index contributed by atoms with van der Waals surface area (Å²) in [5.74, 6) is 1.22. The van der Waals surface area contributed by atoms with E-state index < -0.39 is 0 Å². The zero-order valence-electron chi connectivity index (χ0n) is 33.5. The molecule has 0 unspecified atom stereocenters. The van der Waals surface area contributed by atoms with Gasteiger partial charge in [-0.15, -0.1) is 0 Å². The van der Waals surface area contributed by atoms with Crippen molar-refractivity contribution in [3.63, 3.8) is 0 Å². The van der Waals surface area contributed by atoms with Gasteiger partial charge in [0.05, 0.1) is 23.2 Å². The molecule has 0 saturated carbocycles. The van der Waals surface area contributed by atoms with Crippen molar-refractivity contribution in [3.05, 3.63) is 163 Å². The average molecular weight is 784 g/mol. The van der Waals surface area contributed by atoms with Crippen molar-refractivity contribution in [1.29, 1.82) is 0 Å². The fourth-order valence-corrected chi connectivity index (χ4v) is 8.84. The number of hydrogen-bond acceptors (Lipinski definition) is 4. The molecule has 0 amide bonds. The molecule has 0 aliphatic heterocycles. The van der Waals surface area contributed by atoms with Crippen LogP contribution in [0.4, 0.5) is 9.57 Å². The van der Waals surface area contributed by atoms with E-state index in [9.17, 15) is 3.89 Å². The van der Waals surface area contributed by atoms with Crippen LogP contribution >= 0.6 is 12.1 Å². The summed E-state index contributed by atoms with van der Waals surface area (Å²) in [5.41, 5.74) is 19.3. The third kappa shape index (κ3) is 7.92. The molecule has 292 valence electrons. The first-order valence-electron chi connectivity index (χ1n) is 19.9. The van der Waals surface area contributed by atoms with Crippen molar-refractivity contribution in [2.45, 2.75) is 63.7 Å². The van der Waals surface area contributed by atoms with E-state index in [1.807, 2.05) is 18.3 Å².